The van der Waals surface area contributed by atoms with Crippen LogP contribution in [0.5, 0.6) is 0 Å². The van der Waals surface area contributed by atoms with Crippen LogP contribution in [0.3, 0.4) is 0 Å². The Hall–Kier alpha value is -3.36. The van der Waals surface area contributed by atoms with E-state index >= 15 is 0 Å². The van der Waals surface area contributed by atoms with Gasteiger partial charge >= 0.3 is 0 Å². The number of aryl methyl sites for hydroxylation is 1. The minimum atomic E-state index is -4.05. The van der Waals surface area contributed by atoms with Crippen LogP contribution in [0.1, 0.15) is 5.56 Å². The lowest BCUT2D eigenvalue weighted by atomic mass is 10.1. The van der Waals surface area contributed by atoms with E-state index in [1.54, 1.807) is 36.7 Å². The molecule has 9 heteroatoms. The number of nitrogens with zero attached hydrogens (tertiary/aromatic N) is 4. The molecule has 4 heterocycles. The maximum absolute atomic E-state index is 14.3. The first kappa shape index (κ1) is 19.6. The number of rotatable bonds is 3. The van der Waals surface area contributed by atoms with Gasteiger partial charge in [-0.1, -0.05) is 29.3 Å². The van der Waals surface area contributed by atoms with Crippen molar-refractivity contribution >= 4 is 43.6 Å². The highest BCUT2D eigenvalue weighted by atomic mass is 35.5. The van der Waals surface area contributed by atoms with Crippen molar-refractivity contribution in [2.75, 3.05) is 0 Å². The van der Waals surface area contributed by atoms with Crippen molar-refractivity contribution in [2.24, 2.45) is 0 Å². The largest absolute Gasteiger partial charge is 0.269 e. The lowest BCUT2D eigenvalue weighted by Gasteiger charge is -2.09. The topological polar surface area (TPSA) is 77.7 Å². The molecule has 0 amide bonds. The standard InChI is InChI=1S/C22H14ClFN4O2S/c1-13-4-6-15(7-5-13)31(29,30)28-19-12-26-18(14-3-2-8-25-10-14)9-16(19)20-21(23)17(24)11-27-22(20)28/h2-12H,1H3. The van der Waals surface area contributed by atoms with Gasteiger partial charge < -0.3 is 0 Å². The van der Waals surface area contributed by atoms with Gasteiger partial charge in [0, 0.05) is 28.7 Å². The molecule has 154 valence electrons. The van der Waals surface area contributed by atoms with Crippen LogP contribution in [0.2, 0.25) is 5.02 Å². The van der Waals surface area contributed by atoms with E-state index in [1.807, 2.05) is 13.0 Å². The van der Waals surface area contributed by atoms with Crippen LogP contribution in [-0.4, -0.2) is 27.3 Å². The molecule has 0 spiro atoms. The summed E-state index contributed by atoms with van der Waals surface area (Å²) in [6.07, 6.45) is 5.62. The van der Waals surface area contributed by atoms with Crippen molar-refractivity contribution in [3.63, 3.8) is 0 Å². The van der Waals surface area contributed by atoms with Gasteiger partial charge in [0.15, 0.2) is 11.5 Å². The summed E-state index contributed by atoms with van der Waals surface area (Å²) in [5, 5.41) is 0.438. The van der Waals surface area contributed by atoms with E-state index in [0.29, 0.717) is 11.1 Å². The summed E-state index contributed by atoms with van der Waals surface area (Å²) in [5.74, 6) is -0.735. The van der Waals surface area contributed by atoms with Gasteiger partial charge in [0.25, 0.3) is 10.0 Å². The van der Waals surface area contributed by atoms with E-state index in [-0.39, 0.29) is 26.5 Å². The number of benzene rings is 1. The number of pyridine rings is 3. The van der Waals surface area contributed by atoms with E-state index in [9.17, 15) is 12.8 Å². The Morgan fingerprint density at radius 2 is 1.81 bits per heavy atom. The van der Waals surface area contributed by atoms with E-state index in [4.69, 9.17) is 11.6 Å². The number of halogens is 2. The van der Waals surface area contributed by atoms with Gasteiger partial charge in [-0.15, -0.1) is 0 Å². The Labute approximate surface area is 182 Å². The lowest BCUT2D eigenvalue weighted by molar-refractivity contribution is 0.589. The minimum Gasteiger partial charge on any atom is -0.264 e. The fourth-order valence-electron chi connectivity index (χ4n) is 3.50. The average molecular weight is 453 g/mol. The van der Waals surface area contributed by atoms with Crippen LogP contribution in [0, 0.1) is 12.7 Å². The third-order valence-electron chi connectivity index (χ3n) is 5.03. The van der Waals surface area contributed by atoms with Gasteiger partial charge in [-0.05, 0) is 37.3 Å². The number of fused-ring (bicyclic) bond motifs is 3. The molecule has 0 aliphatic rings. The second kappa shape index (κ2) is 7.11. The van der Waals surface area contributed by atoms with Crippen molar-refractivity contribution in [3.8, 4) is 11.3 Å². The monoisotopic (exact) mass is 452 g/mol. The Morgan fingerprint density at radius 1 is 1.03 bits per heavy atom. The van der Waals surface area contributed by atoms with Crippen LogP contribution >= 0.6 is 11.6 Å². The maximum atomic E-state index is 14.3. The molecule has 0 aliphatic carbocycles. The summed E-state index contributed by atoms with van der Waals surface area (Å²) in [6.45, 7) is 1.87. The lowest BCUT2D eigenvalue weighted by Crippen LogP contribution is -2.13. The normalized spacial score (nSPS) is 12.0. The molecule has 31 heavy (non-hydrogen) atoms. The molecule has 0 radical (unpaired) electrons. The number of aromatic nitrogens is 4. The van der Waals surface area contributed by atoms with E-state index < -0.39 is 15.8 Å². The van der Waals surface area contributed by atoms with Gasteiger partial charge in [-0.25, -0.2) is 21.8 Å². The molecule has 0 saturated carbocycles. The third kappa shape index (κ3) is 3.07. The smallest absolute Gasteiger partial charge is 0.264 e. The molecular formula is C22H14ClFN4O2S. The molecule has 1 aromatic carbocycles. The molecule has 0 unspecified atom stereocenters. The molecule has 0 N–H and O–H groups in total. The van der Waals surface area contributed by atoms with Gasteiger partial charge in [-0.3, -0.25) is 9.97 Å². The fraction of sp³-hybridized carbons (Fsp3) is 0.0455. The third-order valence-corrected chi connectivity index (χ3v) is 7.12. The first-order valence-corrected chi connectivity index (χ1v) is 11.1. The van der Waals surface area contributed by atoms with E-state index in [0.717, 1.165) is 21.3 Å². The zero-order valence-electron chi connectivity index (χ0n) is 16.1. The summed E-state index contributed by atoms with van der Waals surface area (Å²) < 4.78 is 42.4. The second-order valence-corrected chi connectivity index (χ2v) is 9.19. The average Bonchev–Trinajstić information content (AvgIpc) is 3.12. The van der Waals surface area contributed by atoms with Crippen LogP contribution in [0.15, 0.2) is 72.1 Å². The molecule has 6 nitrogen and oxygen atoms in total. The van der Waals surface area contributed by atoms with Gasteiger partial charge in [0.2, 0.25) is 0 Å². The molecule has 4 aromatic heterocycles. The first-order valence-electron chi connectivity index (χ1n) is 9.25. The van der Waals surface area contributed by atoms with Crippen molar-refractivity contribution < 1.29 is 12.8 Å². The Bertz CT molecular complexity index is 1570. The predicted molar refractivity (Wildman–Crippen MR) is 117 cm³/mol. The van der Waals surface area contributed by atoms with Crippen LogP contribution in [0.4, 0.5) is 4.39 Å². The van der Waals surface area contributed by atoms with Crippen molar-refractivity contribution in [3.05, 3.63) is 83.7 Å². The van der Waals surface area contributed by atoms with Gasteiger partial charge in [0.05, 0.1) is 33.5 Å². The SMILES string of the molecule is Cc1ccc(S(=O)(=O)n2c3cnc(-c4cccnc4)cc3c3c(Cl)c(F)cnc32)cc1. The van der Waals surface area contributed by atoms with E-state index in [1.165, 1.54) is 18.3 Å². The number of hydrogen-bond acceptors (Lipinski definition) is 5. The Kier molecular flexibility index (Phi) is 4.49. The number of hydrogen-bond donors (Lipinski definition) is 0. The Morgan fingerprint density at radius 3 is 2.52 bits per heavy atom. The second-order valence-electron chi connectivity index (χ2n) is 7.03. The van der Waals surface area contributed by atoms with Crippen LogP contribution in [0.25, 0.3) is 33.2 Å². The maximum Gasteiger partial charge on any atom is 0.269 e. The van der Waals surface area contributed by atoms with Crippen molar-refractivity contribution in [2.45, 2.75) is 11.8 Å². The van der Waals surface area contributed by atoms with Gasteiger partial charge in [-0.2, -0.15) is 0 Å². The predicted octanol–water partition coefficient (Wildman–Crippen LogP) is 4.98. The quantitative estimate of drug-likeness (QED) is 0.385. The zero-order chi connectivity index (χ0) is 21.8. The molecule has 0 fully saturated rings. The highest BCUT2D eigenvalue weighted by Crippen LogP contribution is 2.37. The van der Waals surface area contributed by atoms with Crippen molar-refractivity contribution in [1.29, 1.82) is 0 Å². The molecular weight excluding hydrogens is 439 g/mol. The highest BCUT2D eigenvalue weighted by molar-refractivity contribution is 7.90. The first-order chi connectivity index (χ1) is 14.9. The summed E-state index contributed by atoms with van der Waals surface area (Å²) >= 11 is 6.28. The molecule has 0 bridgehead atoms. The molecule has 5 rings (SSSR count). The minimum absolute atomic E-state index is 0.0344. The molecule has 5 aromatic rings. The van der Waals surface area contributed by atoms with Gasteiger partial charge in [0.1, 0.15) is 0 Å². The summed E-state index contributed by atoms with van der Waals surface area (Å²) in [5.41, 5.74) is 2.49. The fourth-order valence-corrected chi connectivity index (χ4v) is 5.20. The van der Waals surface area contributed by atoms with Crippen LogP contribution < -0.4 is 0 Å². The highest BCUT2D eigenvalue weighted by Gasteiger charge is 2.27. The van der Waals surface area contributed by atoms with E-state index in [2.05, 4.69) is 15.0 Å². The summed E-state index contributed by atoms with van der Waals surface area (Å²) in [4.78, 5) is 12.7. The van der Waals surface area contributed by atoms with Crippen LogP contribution in [-0.2, 0) is 10.0 Å². The van der Waals surface area contributed by atoms with Crippen molar-refractivity contribution in [1.82, 2.24) is 18.9 Å². The zero-order valence-corrected chi connectivity index (χ0v) is 17.7. The molecule has 0 saturated heterocycles. The molecule has 0 aliphatic heterocycles. The summed E-state index contributed by atoms with van der Waals surface area (Å²) in [6, 6.07) is 11.7. The summed E-state index contributed by atoms with van der Waals surface area (Å²) in [7, 11) is -4.05. The Balaban J connectivity index is 1.89. The molecule has 0 atom stereocenters.